The van der Waals surface area contributed by atoms with Crippen molar-refractivity contribution in [3.05, 3.63) is 34.9 Å². The van der Waals surface area contributed by atoms with Crippen LogP contribution >= 0.6 is 0 Å². The normalized spacial score (nSPS) is 22.3. The van der Waals surface area contributed by atoms with Gasteiger partial charge in [-0.05, 0) is 62.9 Å². The highest BCUT2D eigenvalue weighted by Crippen LogP contribution is 2.37. The molecule has 1 unspecified atom stereocenters. The lowest BCUT2D eigenvalue weighted by Gasteiger charge is -2.46. The van der Waals surface area contributed by atoms with Crippen molar-refractivity contribution in [1.82, 2.24) is 15.1 Å². The van der Waals surface area contributed by atoms with Gasteiger partial charge in [0.05, 0.1) is 36.6 Å². The molecule has 4 heterocycles. The van der Waals surface area contributed by atoms with Crippen LogP contribution in [0.5, 0.6) is 5.75 Å². The van der Waals surface area contributed by atoms with Gasteiger partial charge < -0.3 is 14.7 Å². The molecule has 7 heteroatoms. The van der Waals surface area contributed by atoms with Crippen molar-refractivity contribution in [1.29, 1.82) is 5.26 Å². The number of benzene rings is 1. The zero-order chi connectivity index (χ0) is 20.7. The standard InChI is InChI=1S/C23H27N5O2/c1-15-19-5-3-9-28(17-4-2-8-27(12-17)18-13-30-14-18)23(19)26-25-22(15)20-7-6-16(11-24)10-21(20)29/h6-7,10,17-18,29H,2-5,8-9,12-14H2,1H3. The number of nitrogens with zero attached hydrogens (tertiary/aromatic N) is 5. The third-order valence-corrected chi connectivity index (χ3v) is 6.81. The molecular weight excluding hydrogens is 378 g/mol. The molecule has 2 aromatic rings. The molecule has 0 aliphatic carbocycles. The van der Waals surface area contributed by atoms with Gasteiger partial charge in [0.2, 0.25) is 0 Å². The van der Waals surface area contributed by atoms with Crippen molar-refractivity contribution >= 4 is 5.82 Å². The Kier molecular flexibility index (Phi) is 5.05. The maximum Gasteiger partial charge on any atom is 0.155 e. The molecule has 0 radical (unpaired) electrons. The summed E-state index contributed by atoms with van der Waals surface area (Å²) in [6.45, 7) is 7.03. The van der Waals surface area contributed by atoms with E-state index in [4.69, 9.17) is 10.00 Å². The van der Waals surface area contributed by atoms with Crippen molar-refractivity contribution in [2.45, 2.75) is 44.7 Å². The van der Waals surface area contributed by atoms with Crippen LogP contribution in [0.4, 0.5) is 5.82 Å². The number of fused-ring (bicyclic) bond motifs is 1. The van der Waals surface area contributed by atoms with E-state index in [-0.39, 0.29) is 5.75 Å². The summed E-state index contributed by atoms with van der Waals surface area (Å²) in [5.41, 5.74) is 4.08. The van der Waals surface area contributed by atoms with Gasteiger partial charge in [-0.3, -0.25) is 4.90 Å². The number of aromatic nitrogens is 2. The highest BCUT2D eigenvalue weighted by atomic mass is 16.5. The molecule has 1 N–H and O–H groups in total. The van der Waals surface area contributed by atoms with Crippen LogP contribution in [0.25, 0.3) is 11.3 Å². The van der Waals surface area contributed by atoms with Crippen molar-refractivity contribution in [3.63, 3.8) is 0 Å². The van der Waals surface area contributed by atoms with Crippen molar-refractivity contribution in [2.24, 2.45) is 0 Å². The van der Waals surface area contributed by atoms with Crippen LogP contribution in [0.1, 0.15) is 36.0 Å². The summed E-state index contributed by atoms with van der Waals surface area (Å²) in [4.78, 5) is 5.04. The minimum atomic E-state index is 0.0738. The number of piperidine rings is 1. The minimum Gasteiger partial charge on any atom is -0.507 e. The fraction of sp³-hybridized carbons (Fsp3) is 0.522. The van der Waals surface area contributed by atoms with E-state index in [1.54, 1.807) is 12.1 Å². The Hall–Kier alpha value is -2.69. The second-order valence-corrected chi connectivity index (χ2v) is 8.60. The molecule has 0 bridgehead atoms. The van der Waals surface area contributed by atoms with Crippen molar-refractivity contribution in [2.75, 3.05) is 37.7 Å². The van der Waals surface area contributed by atoms with Crippen LogP contribution < -0.4 is 4.90 Å². The number of likely N-dealkylation sites (tertiary alicyclic amines) is 1. The molecule has 2 saturated heterocycles. The lowest BCUT2D eigenvalue weighted by Crippen LogP contribution is -2.57. The molecule has 1 atom stereocenters. The van der Waals surface area contributed by atoms with Gasteiger partial charge in [-0.25, -0.2) is 0 Å². The molecule has 1 aromatic heterocycles. The first kappa shape index (κ1) is 19.3. The van der Waals surface area contributed by atoms with Gasteiger partial charge >= 0.3 is 0 Å². The summed E-state index contributed by atoms with van der Waals surface area (Å²) in [7, 11) is 0. The molecule has 5 rings (SSSR count). The summed E-state index contributed by atoms with van der Waals surface area (Å²) in [5, 5.41) is 28.7. The number of phenolic OH excluding ortho intramolecular Hbond substituents is 1. The van der Waals surface area contributed by atoms with E-state index in [0.29, 0.717) is 28.9 Å². The molecule has 156 valence electrons. The first-order chi connectivity index (χ1) is 14.7. The van der Waals surface area contributed by atoms with Gasteiger partial charge in [-0.15, -0.1) is 10.2 Å². The van der Waals surface area contributed by atoms with E-state index in [1.807, 2.05) is 0 Å². The molecule has 0 amide bonds. The second kappa shape index (κ2) is 7.86. The Morgan fingerprint density at radius 2 is 2.03 bits per heavy atom. The van der Waals surface area contributed by atoms with Gasteiger partial charge in [0.1, 0.15) is 5.75 Å². The fourth-order valence-corrected chi connectivity index (χ4v) is 5.02. The largest absolute Gasteiger partial charge is 0.507 e. The Morgan fingerprint density at radius 1 is 1.17 bits per heavy atom. The molecule has 3 aliphatic rings. The average molecular weight is 406 g/mol. The number of anilines is 1. The van der Waals surface area contributed by atoms with E-state index in [0.717, 1.165) is 57.1 Å². The van der Waals surface area contributed by atoms with Crippen LogP contribution in [0.3, 0.4) is 0 Å². The average Bonchev–Trinajstić information content (AvgIpc) is 2.73. The molecule has 0 saturated carbocycles. The van der Waals surface area contributed by atoms with Gasteiger partial charge in [0.15, 0.2) is 5.82 Å². The summed E-state index contributed by atoms with van der Waals surface area (Å²) < 4.78 is 5.40. The van der Waals surface area contributed by atoms with E-state index in [9.17, 15) is 5.11 Å². The number of hydrogen-bond acceptors (Lipinski definition) is 7. The molecule has 7 nitrogen and oxygen atoms in total. The third-order valence-electron chi connectivity index (χ3n) is 6.81. The van der Waals surface area contributed by atoms with Gasteiger partial charge in [-0.2, -0.15) is 5.26 Å². The summed E-state index contributed by atoms with van der Waals surface area (Å²) >= 11 is 0. The number of rotatable bonds is 3. The zero-order valence-corrected chi connectivity index (χ0v) is 17.3. The van der Waals surface area contributed by atoms with Gasteiger partial charge in [-0.1, -0.05) is 0 Å². The molecule has 1 aromatic carbocycles. The zero-order valence-electron chi connectivity index (χ0n) is 17.3. The van der Waals surface area contributed by atoms with Crippen LogP contribution in [-0.4, -0.2) is 65.1 Å². The monoisotopic (exact) mass is 405 g/mol. The predicted molar refractivity (Wildman–Crippen MR) is 113 cm³/mol. The summed E-state index contributed by atoms with van der Waals surface area (Å²) in [5.74, 6) is 1.08. The molecule has 0 spiro atoms. The third kappa shape index (κ3) is 3.30. The van der Waals surface area contributed by atoms with Crippen LogP contribution in [0.15, 0.2) is 18.2 Å². The van der Waals surface area contributed by atoms with Gasteiger partial charge in [0.25, 0.3) is 0 Å². The predicted octanol–water partition coefficient (Wildman–Crippen LogP) is 2.65. The highest BCUT2D eigenvalue weighted by molar-refractivity contribution is 5.73. The number of aromatic hydroxyl groups is 1. The number of phenols is 1. The van der Waals surface area contributed by atoms with E-state index >= 15 is 0 Å². The summed E-state index contributed by atoms with van der Waals surface area (Å²) in [6, 6.07) is 8.06. The Labute approximate surface area is 176 Å². The van der Waals surface area contributed by atoms with E-state index < -0.39 is 0 Å². The summed E-state index contributed by atoms with van der Waals surface area (Å²) in [6.07, 6.45) is 4.46. The number of nitriles is 1. The fourth-order valence-electron chi connectivity index (χ4n) is 5.02. The van der Waals surface area contributed by atoms with Crippen molar-refractivity contribution < 1.29 is 9.84 Å². The quantitative estimate of drug-likeness (QED) is 0.840. The van der Waals surface area contributed by atoms with Gasteiger partial charge in [0, 0.05) is 30.3 Å². The maximum absolute atomic E-state index is 10.4. The van der Waals surface area contributed by atoms with E-state index in [1.165, 1.54) is 24.5 Å². The number of ether oxygens (including phenoxy) is 1. The lowest BCUT2D eigenvalue weighted by molar-refractivity contribution is -0.0721. The maximum atomic E-state index is 10.4. The number of hydrogen-bond donors (Lipinski definition) is 1. The Balaban J connectivity index is 1.45. The van der Waals surface area contributed by atoms with Crippen molar-refractivity contribution in [3.8, 4) is 23.1 Å². The first-order valence-corrected chi connectivity index (χ1v) is 10.8. The van der Waals surface area contributed by atoms with E-state index in [2.05, 4.69) is 33.0 Å². The molecule has 30 heavy (non-hydrogen) atoms. The molecule has 3 aliphatic heterocycles. The van der Waals surface area contributed by atoms with Crippen LogP contribution in [0, 0.1) is 18.3 Å². The van der Waals surface area contributed by atoms with Crippen LogP contribution in [-0.2, 0) is 11.2 Å². The smallest absolute Gasteiger partial charge is 0.155 e. The topological polar surface area (TPSA) is 85.5 Å². The lowest BCUT2D eigenvalue weighted by atomic mass is 9.94. The SMILES string of the molecule is Cc1c(-c2ccc(C#N)cc2O)nnc2c1CCCN2C1CCCN(C2COC2)C1. The Bertz CT molecular complexity index is 998. The Morgan fingerprint density at radius 3 is 2.77 bits per heavy atom. The van der Waals surface area contributed by atoms with Crippen LogP contribution in [0.2, 0.25) is 0 Å². The first-order valence-electron chi connectivity index (χ1n) is 10.8. The molecular formula is C23H27N5O2. The highest BCUT2D eigenvalue weighted by Gasteiger charge is 2.35. The second-order valence-electron chi connectivity index (χ2n) is 8.60. The minimum absolute atomic E-state index is 0.0738. The molecule has 2 fully saturated rings.